The Kier molecular flexibility index (Phi) is 2.45. The van der Waals surface area contributed by atoms with Gasteiger partial charge in [0.15, 0.2) is 23.4 Å². The predicted molar refractivity (Wildman–Crippen MR) is 89.8 cm³/mol. The highest BCUT2D eigenvalue weighted by Gasteiger charge is 2.73. The van der Waals surface area contributed by atoms with Gasteiger partial charge in [0.25, 0.3) is 0 Å². The number of hydrogen-bond donors (Lipinski definition) is 2. The van der Waals surface area contributed by atoms with Gasteiger partial charge in [0.1, 0.15) is 0 Å². The third-order valence-electron chi connectivity index (χ3n) is 7.64. The molecule has 2 aliphatic heterocycles. The van der Waals surface area contributed by atoms with Crippen LogP contribution in [0.15, 0.2) is 12.1 Å². The van der Waals surface area contributed by atoms with Crippen molar-refractivity contribution in [2.75, 3.05) is 6.54 Å². The Bertz CT molecular complexity index is 814. The Morgan fingerprint density at radius 3 is 2.88 bits per heavy atom. The minimum atomic E-state index is -1.04. The molecule has 3 bridgehead atoms. The molecule has 0 radical (unpaired) electrons. The number of ketones is 1. The standard InChI is InChI=1S/C20H23NO4/c1-19(24)15-6-11-4-5-13(22)17-16(11)20(19)8-12(7-14(23)18(20)25-17)21(15)9-10-2-3-10/h4-5,10,12,15,18,22,24H,2-3,6-9H2,1H3/t12?,15-,18+,19-,20+/m1/s1. The fourth-order valence-electron chi connectivity index (χ4n) is 6.31. The highest BCUT2D eigenvalue weighted by molar-refractivity contribution is 5.90. The van der Waals surface area contributed by atoms with Crippen molar-refractivity contribution in [3.8, 4) is 11.5 Å². The molecule has 1 unspecified atom stereocenters. The van der Waals surface area contributed by atoms with E-state index in [0.717, 1.165) is 30.5 Å². The van der Waals surface area contributed by atoms with Crippen LogP contribution in [0.2, 0.25) is 0 Å². The van der Waals surface area contributed by atoms with Crippen LogP contribution in [0.3, 0.4) is 0 Å². The van der Waals surface area contributed by atoms with Gasteiger partial charge in [-0.15, -0.1) is 0 Å². The number of piperidine rings is 1. The monoisotopic (exact) mass is 341 g/mol. The van der Waals surface area contributed by atoms with E-state index < -0.39 is 17.1 Å². The van der Waals surface area contributed by atoms with Crippen LogP contribution in [-0.4, -0.2) is 51.2 Å². The molecular formula is C20H23NO4. The predicted octanol–water partition coefficient (Wildman–Crippen LogP) is 1.52. The highest BCUT2D eigenvalue weighted by atomic mass is 16.5. The van der Waals surface area contributed by atoms with E-state index in [1.807, 2.05) is 13.0 Å². The smallest absolute Gasteiger partial charge is 0.175 e. The van der Waals surface area contributed by atoms with Gasteiger partial charge in [0, 0.05) is 30.6 Å². The van der Waals surface area contributed by atoms with E-state index >= 15 is 0 Å². The summed E-state index contributed by atoms with van der Waals surface area (Å²) >= 11 is 0. The lowest BCUT2D eigenvalue weighted by Gasteiger charge is -2.64. The molecule has 5 heteroatoms. The van der Waals surface area contributed by atoms with Gasteiger partial charge in [0.05, 0.1) is 11.0 Å². The number of Topliss-reactive ketones (excluding diaryl/α,β-unsaturated/α-hetero) is 1. The van der Waals surface area contributed by atoms with Gasteiger partial charge >= 0.3 is 0 Å². The second-order valence-corrected chi connectivity index (χ2v) is 8.95. The highest BCUT2D eigenvalue weighted by Crippen LogP contribution is 2.65. The molecule has 1 aromatic rings. The van der Waals surface area contributed by atoms with Gasteiger partial charge in [-0.1, -0.05) is 6.07 Å². The zero-order valence-corrected chi connectivity index (χ0v) is 14.4. The first-order valence-corrected chi connectivity index (χ1v) is 9.46. The largest absolute Gasteiger partial charge is 0.504 e. The summed E-state index contributed by atoms with van der Waals surface area (Å²) in [6, 6.07) is 3.82. The van der Waals surface area contributed by atoms with Crippen molar-refractivity contribution in [3.63, 3.8) is 0 Å². The number of aromatic hydroxyl groups is 1. The van der Waals surface area contributed by atoms with E-state index in [9.17, 15) is 15.0 Å². The van der Waals surface area contributed by atoms with E-state index in [4.69, 9.17) is 4.74 Å². The summed E-state index contributed by atoms with van der Waals surface area (Å²) in [4.78, 5) is 15.4. The van der Waals surface area contributed by atoms with Crippen LogP contribution in [0.1, 0.15) is 43.7 Å². The zero-order chi connectivity index (χ0) is 17.1. The molecule has 5 atom stereocenters. The number of carbonyl (C=O) groups excluding carboxylic acids is 1. The van der Waals surface area contributed by atoms with E-state index in [2.05, 4.69) is 4.90 Å². The molecule has 2 saturated carbocycles. The van der Waals surface area contributed by atoms with Gasteiger partial charge in [-0.05, 0) is 50.2 Å². The lowest BCUT2D eigenvalue weighted by Crippen LogP contribution is -2.78. The number of fused-ring (bicyclic) bond motifs is 2. The number of ether oxygens (including phenoxy) is 1. The summed E-state index contributed by atoms with van der Waals surface area (Å²) < 4.78 is 6.02. The Hall–Kier alpha value is -1.59. The topological polar surface area (TPSA) is 70.0 Å². The lowest BCUT2D eigenvalue weighted by atomic mass is 9.49. The second-order valence-electron chi connectivity index (χ2n) is 8.95. The third-order valence-corrected chi connectivity index (χ3v) is 7.64. The average molecular weight is 341 g/mol. The van der Waals surface area contributed by atoms with Crippen molar-refractivity contribution in [2.24, 2.45) is 5.92 Å². The molecule has 6 rings (SSSR count). The molecular weight excluding hydrogens is 318 g/mol. The Morgan fingerprint density at radius 2 is 2.12 bits per heavy atom. The minimum Gasteiger partial charge on any atom is -0.504 e. The summed E-state index contributed by atoms with van der Waals surface area (Å²) in [5.74, 6) is 1.31. The molecule has 1 saturated heterocycles. The summed E-state index contributed by atoms with van der Waals surface area (Å²) in [5, 5.41) is 22.1. The van der Waals surface area contributed by atoms with Crippen LogP contribution in [0.4, 0.5) is 0 Å². The summed E-state index contributed by atoms with van der Waals surface area (Å²) in [6.45, 7) is 2.88. The Balaban J connectivity index is 1.61. The van der Waals surface area contributed by atoms with Crippen molar-refractivity contribution < 1.29 is 19.7 Å². The normalized spacial score (nSPS) is 43.9. The number of aliphatic hydroxyl groups is 1. The number of rotatable bonds is 2. The number of nitrogens with zero attached hydrogens (tertiary/aromatic N) is 1. The quantitative estimate of drug-likeness (QED) is 0.854. The van der Waals surface area contributed by atoms with Crippen molar-refractivity contribution in [1.82, 2.24) is 4.90 Å². The van der Waals surface area contributed by atoms with Crippen LogP contribution in [-0.2, 0) is 16.6 Å². The SMILES string of the molecule is C[C@@]1(O)[C@H]2Cc3ccc(O)c4c3[C@]13CC(CC(=O)[C@@H]3O4)N2CC1CC1. The fourth-order valence-corrected chi connectivity index (χ4v) is 6.31. The number of benzene rings is 1. The van der Waals surface area contributed by atoms with Crippen LogP contribution in [0.25, 0.3) is 0 Å². The molecule has 1 spiro atoms. The van der Waals surface area contributed by atoms with Gasteiger partial charge in [0.2, 0.25) is 0 Å². The zero-order valence-electron chi connectivity index (χ0n) is 14.4. The number of phenols is 1. The molecule has 5 aliphatic rings. The molecule has 2 heterocycles. The van der Waals surface area contributed by atoms with Crippen LogP contribution >= 0.6 is 0 Å². The van der Waals surface area contributed by atoms with Gasteiger partial charge in [-0.25, -0.2) is 0 Å². The first-order chi connectivity index (χ1) is 11.9. The maximum atomic E-state index is 13.0. The molecule has 3 aliphatic carbocycles. The first-order valence-electron chi connectivity index (χ1n) is 9.46. The molecule has 1 aromatic carbocycles. The van der Waals surface area contributed by atoms with Crippen molar-refractivity contribution in [2.45, 2.75) is 68.2 Å². The molecule has 2 N–H and O–H groups in total. The lowest BCUT2D eigenvalue weighted by molar-refractivity contribution is -0.191. The molecule has 0 amide bonds. The molecule has 0 aromatic heterocycles. The maximum absolute atomic E-state index is 13.0. The fraction of sp³-hybridized carbons (Fsp3) is 0.650. The average Bonchev–Trinajstić information content (AvgIpc) is 3.29. The molecule has 5 nitrogen and oxygen atoms in total. The molecule has 132 valence electrons. The van der Waals surface area contributed by atoms with E-state index in [1.165, 1.54) is 12.8 Å². The van der Waals surface area contributed by atoms with Crippen LogP contribution in [0.5, 0.6) is 11.5 Å². The summed E-state index contributed by atoms with van der Waals surface area (Å²) in [5.41, 5.74) is 0.286. The number of carbonyl (C=O) groups is 1. The van der Waals surface area contributed by atoms with Crippen molar-refractivity contribution in [1.29, 1.82) is 0 Å². The maximum Gasteiger partial charge on any atom is 0.175 e. The van der Waals surface area contributed by atoms with Crippen LogP contribution in [0, 0.1) is 5.92 Å². The molecule has 3 fully saturated rings. The summed E-state index contributed by atoms with van der Waals surface area (Å²) in [7, 11) is 0. The first kappa shape index (κ1) is 14.6. The van der Waals surface area contributed by atoms with Gasteiger partial charge in [-0.2, -0.15) is 0 Å². The number of likely N-dealkylation sites (tertiary alicyclic amines) is 1. The Morgan fingerprint density at radius 1 is 1.32 bits per heavy atom. The molecule has 25 heavy (non-hydrogen) atoms. The van der Waals surface area contributed by atoms with Crippen molar-refractivity contribution >= 4 is 5.78 Å². The summed E-state index contributed by atoms with van der Waals surface area (Å²) in [6.07, 6.45) is 3.85. The van der Waals surface area contributed by atoms with Gasteiger partial charge < -0.3 is 14.9 Å². The van der Waals surface area contributed by atoms with Gasteiger partial charge in [-0.3, -0.25) is 9.69 Å². The number of hydrogen-bond acceptors (Lipinski definition) is 5. The van der Waals surface area contributed by atoms with E-state index in [1.54, 1.807) is 6.07 Å². The third kappa shape index (κ3) is 1.52. The minimum absolute atomic E-state index is 0.00837. The van der Waals surface area contributed by atoms with E-state index in [-0.39, 0.29) is 23.6 Å². The second kappa shape index (κ2) is 4.21. The van der Waals surface area contributed by atoms with Crippen molar-refractivity contribution in [3.05, 3.63) is 23.3 Å². The van der Waals surface area contributed by atoms with E-state index in [0.29, 0.717) is 18.1 Å². The Labute approximate surface area is 146 Å². The number of phenolic OH excluding ortho intramolecular Hbond substituents is 1. The van der Waals surface area contributed by atoms with Crippen LogP contribution < -0.4 is 4.74 Å².